The summed E-state index contributed by atoms with van der Waals surface area (Å²) in [4.78, 5) is 2.47. The second kappa shape index (κ2) is 6.84. The molecule has 1 fully saturated rings. The van der Waals surface area contributed by atoms with Crippen LogP contribution in [0.2, 0.25) is 0 Å². The van der Waals surface area contributed by atoms with E-state index in [1.165, 1.54) is 25.7 Å². The molecule has 0 aliphatic carbocycles. The second-order valence-corrected chi connectivity index (χ2v) is 6.57. The predicted molar refractivity (Wildman–Crippen MR) is 89.8 cm³/mol. The minimum atomic E-state index is -0.257. The molecule has 0 spiro atoms. The Morgan fingerprint density at radius 1 is 1.29 bits per heavy atom. The summed E-state index contributed by atoms with van der Waals surface area (Å²) in [6.07, 6.45) is 4.89. The molecule has 1 aliphatic rings. The third-order valence-electron chi connectivity index (χ3n) is 5.15. The predicted octanol–water partition coefficient (Wildman–Crippen LogP) is 3.86. The fourth-order valence-corrected chi connectivity index (χ4v) is 3.43. The monoisotopic (exact) mass is 308 g/mol. The number of nitrogens with zero attached hydrogens (tertiary/aromatic N) is 1. The van der Waals surface area contributed by atoms with Crippen molar-refractivity contribution in [2.75, 3.05) is 13.1 Å². The Labute approximate surface area is 132 Å². The summed E-state index contributed by atoms with van der Waals surface area (Å²) in [7, 11) is 0. The Balaban J connectivity index is 2.04. The number of thiocarbonyl (C=S) groups is 1. The summed E-state index contributed by atoms with van der Waals surface area (Å²) in [5, 5.41) is 0. The number of hydrogen-bond donors (Lipinski definition) is 1. The van der Waals surface area contributed by atoms with Gasteiger partial charge >= 0.3 is 0 Å². The Morgan fingerprint density at radius 2 is 1.90 bits per heavy atom. The highest BCUT2D eigenvalue weighted by atomic mass is 32.1. The van der Waals surface area contributed by atoms with Crippen LogP contribution in [0.3, 0.4) is 0 Å². The van der Waals surface area contributed by atoms with E-state index in [0.29, 0.717) is 23.1 Å². The number of benzene rings is 1. The summed E-state index contributed by atoms with van der Waals surface area (Å²) < 4.78 is 14.4. The van der Waals surface area contributed by atoms with E-state index in [1.807, 2.05) is 12.1 Å². The van der Waals surface area contributed by atoms with Crippen molar-refractivity contribution in [3.8, 4) is 0 Å². The summed E-state index contributed by atoms with van der Waals surface area (Å²) in [6.45, 7) is 7.29. The fourth-order valence-electron chi connectivity index (χ4n) is 3.28. The molecule has 0 amide bonds. The van der Waals surface area contributed by atoms with Gasteiger partial charge in [0.2, 0.25) is 0 Å². The quantitative estimate of drug-likeness (QED) is 0.838. The van der Waals surface area contributed by atoms with E-state index in [-0.39, 0.29) is 10.8 Å². The normalized spacial score (nSPS) is 18.6. The van der Waals surface area contributed by atoms with Crippen LogP contribution in [-0.4, -0.2) is 23.0 Å². The molecular formula is C17H25FN2S. The molecule has 21 heavy (non-hydrogen) atoms. The zero-order valence-corrected chi connectivity index (χ0v) is 13.8. The van der Waals surface area contributed by atoms with Crippen LogP contribution in [-0.2, 0) is 6.54 Å². The average Bonchev–Trinajstić information content (AvgIpc) is 2.50. The number of likely N-dealkylation sites (tertiary alicyclic amines) is 1. The first kappa shape index (κ1) is 16.4. The lowest BCUT2D eigenvalue weighted by atomic mass is 9.74. The largest absolute Gasteiger partial charge is 0.389 e. The van der Waals surface area contributed by atoms with E-state index in [9.17, 15) is 4.39 Å². The van der Waals surface area contributed by atoms with Crippen LogP contribution >= 0.6 is 12.2 Å². The number of nitrogens with two attached hydrogens (primary N) is 1. The van der Waals surface area contributed by atoms with Crippen LogP contribution in [0.1, 0.15) is 50.7 Å². The number of hydrogen-bond acceptors (Lipinski definition) is 2. The molecule has 1 heterocycles. The standard InChI is InChI=1S/C17H25FN2S/c1-3-17(4-2)8-10-20(11-9-17)12-13-6-5-7-14(15(13)18)16(19)21/h5-7H,3-4,8-12H2,1-2H3,(H2,19,21). The number of piperidine rings is 1. The van der Waals surface area contributed by atoms with Gasteiger partial charge in [-0.15, -0.1) is 0 Å². The third kappa shape index (κ3) is 3.61. The Morgan fingerprint density at radius 3 is 2.43 bits per heavy atom. The Hall–Kier alpha value is -1.00. The maximum atomic E-state index is 14.4. The molecule has 4 heteroatoms. The van der Waals surface area contributed by atoms with Gasteiger partial charge in [0, 0.05) is 17.7 Å². The van der Waals surface area contributed by atoms with Crippen molar-refractivity contribution in [3.05, 3.63) is 35.1 Å². The summed E-state index contributed by atoms with van der Waals surface area (Å²) >= 11 is 4.90. The van der Waals surface area contributed by atoms with Gasteiger partial charge in [0.1, 0.15) is 10.8 Å². The van der Waals surface area contributed by atoms with Crippen LogP contribution in [0.15, 0.2) is 18.2 Å². The smallest absolute Gasteiger partial charge is 0.137 e. The van der Waals surface area contributed by atoms with Crippen molar-refractivity contribution in [3.63, 3.8) is 0 Å². The van der Waals surface area contributed by atoms with Crippen LogP contribution in [0.5, 0.6) is 0 Å². The molecule has 0 saturated carbocycles. The molecule has 1 aromatic carbocycles. The summed E-state index contributed by atoms with van der Waals surface area (Å²) in [5.41, 5.74) is 7.11. The Bertz CT molecular complexity index is 502. The molecule has 0 atom stereocenters. The number of halogens is 1. The molecular weight excluding hydrogens is 283 g/mol. The van der Waals surface area contributed by atoms with Gasteiger partial charge in [0.05, 0.1) is 0 Å². The van der Waals surface area contributed by atoms with Gasteiger partial charge in [-0.1, -0.05) is 51.0 Å². The van der Waals surface area contributed by atoms with Gasteiger partial charge in [-0.3, -0.25) is 4.90 Å². The SMILES string of the molecule is CCC1(CC)CCN(Cc2cccc(C(N)=S)c2F)CC1. The third-order valence-corrected chi connectivity index (χ3v) is 5.37. The highest BCUT2D eigenvalue weighted by molar-refractivity contribution is 7.80. The van der Waals surface area contributed by atoms with Gasteiger partial charge in [-0.05, 0) is 37.4 Å². The van der Waals surface area contributed by atoms with Gasteiger partial charge in [0.15, 0.2) is 0 Å². The molecule has 1 aromatic rings. The molecule has 0 radical (unpaired) electrons. The van der Waals surface area contributed by atoms with Crippen molar-refractivity contribution >= 4 is 17.2 Å². The first-order valence-electron chi connectivity index (χ1n) is 7.81. The van der Waals surface area contributed by atoms with Gasteiger partial charge in [0.25, 0.3) is 0 Å². The van der Waals surface area contributed by atoms with E-state index in [2.05, 4.69) is 18.7 Å². The van der Waals surface area contributed by atoms with E-state index < -0.39 is 0 Å². The summed E-state index contributed by atoms with van der Waals surface area (Å²) in [6, 6.07) is 5.31. The number of rotatable bonds is 5. The lowest BCUT2D eigenvalue weighted by Crippen LogP contribution is -2.39. The van der Waals surface area contributed by atoms with Gasteiger partial charge < -0.3 is 5.73 Å². The zero-order chi connectivity index (χ0) is 15.5. The van der Waals surface area contributed by atoms with E-state index >= 15 is 0 Å². The summed E-state index contributed by atoms with van der Waals surface area (Å²) in [5.74, 6) is -0.257. The second-order valence-electron chi connectivity index (χ2n) is 6.13. The Kier molecular flexibility index (Phi) is 5.33. The van der Waals surface area contributed by atoms with Crippen LogP contribution < -0.4 is 5.73 Å². The molecule has 116 valence electrons. The highest BCUT2D eigenvalue weighted by Crippen LogP contribution is 2.38. The first-order chi connectivity index (χ1) is 10.0. The molecule has 0 unspecified atom stereocenters. The minimum Gasteiger partial charge on any atom is -0.389 e. The lowest BCUT2D eigenvalue weighted by Gasteiger charge is -2.41. The van der Waals surface area contributed by atoms with E-state index in [4.69, 9.17) is 18.0 Å². The highest BCUT2D eigenvalue weighted by Gasteiger charge is 2.31. The zero-order valence-electron chi connectivity index (χ0n) is 13.0. The lowest BCUT2D eigenvalue weighted by molar-refractivity contribution is 0.0902. The topological polar surface area (TPSA) is 29.3 Å². The molecule has 1 aliphatic heterocycles. The molecule has 2 rings (SSSR count). The minimum absolute atomic E-state index is 0.129. The van der Waals surface area contributed by atoms with Gasteiger partial charge in [-0.2, -0.15) is 0 Å². The van der Waals surface area contributed by atoms with Crippen molar-refractivity contribution in [1.82, 2.24) is 4.90 Å². The van der Waals surface area contributed by atoms with Gasteiger partial charge in [-0.25, -0.2) is 4.39 Å². The first-order valence-corrected chi connectivity index (χ1v) is 8.21. The maximum absolute atomic E-state index is 14.4. The average molecular weight is 308 g/mol. The maximum Gasteiger partial charge on any atom is 0.137 e. The van der Waals surface area contributed by atoms with Crippen LogP contribution in [0, 0.1) is 11.2 Å². The van der Waals surface area contributed by atoms with E-state index in [0.717, 1.165) is 13.1 Å². The van der Waals surface area contributed by atoms with Crippen molar-refractivity contribution in [2.24, 2.45) is 11.1 Å². The molecule has 2 N–H and O–H groups in total. The van der Waals surface area contributed by atoms with Crippen molar-refractivity contribution in [2.45, 2.75) is 46.1 Å². The molecule has 2 nitrogen and oxygen atoms in total. The van der Waals surface area contributed by atoms with Crippen molar-refractivity contribution in [1.29, 1.82) is 0 Å². The van der Waals surface area contributed by atoms with Crippen molar-refractivity contribution < 1.29 is 4.39 Å². The van der Waals surface area contributed by atoms with Crippen LogP contribution in [0.25, 0.3) is 0 Å². The molecule has 1 saturated heterocycles. The molecule has 0 bridgehead atoms. The fraction of sp³-hybridized carbons (Fsp3) is 0.588. The molecule has 0 aromatic heterocycles. The van der Waals surface area contributed by atoms with E-state index in [1.54, 1.807) is 6.07 Å². The van der Waals surface area contributed by atoms with Crippen LogP contribution in [0.4, 0.5) is 4.39 Å².